The van der Waals surface area contributed by atoms with Crippen molar-refractivity contribution >= 4 is 34.9 Å². The Morgan fingerprint density at radius 1 is 1.00 bits per heavy atom. The van der Waals surface area contributed by atoms with E-state index in [0.29, 0.717) is 28.3 Å². The summed E-state index contributed by atoms with van der Waals surface area (Å²) in [4.78, 5) is 17.4. The van der Waals surface area contributed by atoms with E-state index in [0.717, 1.165) is 13.1 Å². The summed E-state index contributed by atoms with van der Waals surface area (Å²) in [6.07, 6.45) is 2.55. The van der Waals surface area contributed by atoms with Crippen molar-refractivity contribution in [3.8, 4) is 0 Å². The molecule has 2 aromatic carbocycles. The normalized spacial score (nSPS) is 20.8. The average molecular weight is 390 g/mol. The molecule has 1 N–H and O–H groups in total. The molecule has 6 heteroatoms. The molecule has 1 atom stereocenters. The van der Waals surface area contributed by atoms with Crippen LogP contribution in [0.2, 0.25) is 10.0 Å². The predicted octanol–water partition coefficient (Wildman–Crippen LogP) is 5.05. The third kappa shape index (κ3) is 3.83. The monoisotopic (exact) mass is 389 g/mol. The fraction of sp³-hybridized carbons (Fsp3) is 0.350. The van der Waals surface area contributed by atoms with Crippen LogP contribution in [-0.2, 0) is 0 Å². The number of rotatable bonds is 3. The lowest BCUT2D eigenvalue weighted by Gasteiger charge is -2.41. The standard InChI is InChI=1S/C20H21Cl2N3O/c21-17-9-6-15(12-18(17)22)23-20(26)25-11-10-24(16-7-8-16)13-19(25)14-4-2-1-3-5-14/h1-6,9,12,16,19H,7-8,10-11,13H2,(H,23,26). The Morgan fingerprint density at radius 2 is 1.77 bits per heavy atom. The van der Waals surface area contributed by atoms with Crippen LogP contribution in [0, 0.1) is 0 Å². The first-order valence-corrected chi connectivity index (χ1v) is 9.69. The number of hydrogen-bond donors (Lipinski definition) is 1. The first-order valence-electron chi connectivity index (χ1n) is 8.93. The number of nitrogens with one attached hydrogen (secondary N) is 1. The second-order valence-corrected chi connectivity index (χ2v) is 7.72. The van der Waals surface area contributed by atoms with Crippen LogP contribution in [0.4, 0.5) is 10.5 Å². The van der Waals surface area contributed by atoms with Gasteiger partial charge in [0, 0.05) is 31.4 Å². The van der Waals surface area contributed by atoms with E-state index in [9.17, 15) is 4.79 Å². The van der Waals surface area contributed by atoms with Crippen LogP contribution in [-0.4, -0.2) is 41.5 Å². The molecular weight excluding hydrogens is 369 g/mol. The average Bonchev–Trinajstić information content (AvgIpc) is 3.50. The Labute approximate surface area is 163 Å². The predicted molar refractivity (Wildman–Crippen MR) is 106 cm³/mol. The number of hydrogen-bond acceptors (Lipinski definition) is 2. The van der Waals surface area contributed by atoms with Crippen molar-refractivity contribution in [3.05, 3.63) is 64.1 Å². The van der Waals surface area contributed by atoms with Crippen molar-refractivity contribution < 1.29 is 4.79 Å². The Bertz CT molecular complexity index is 795. The van der Waals surface area contributed by atoms with Crippen molar-refractivity contribution in [2.75, 3.05) is 25.0 Å². The molecule has 2 fully saturated rings. The molecule has 1 aliphatic heterocycles. The number of nitrogens with zero attached hydrogens (tertiary/aromatic N) is 2. The van der Waals surface area contributed by atoms with Gasteiger partial charge < -0.3 is 10.2 Å². The van der Waals surface area contributed by atoms with Crippen molar-refractivity contribution in [2.24, 2.45) is 0 Å². The molecule has 1 saturated carbocycles. The van der Waals surface area contributed by atoms with Crippen molar-refractivity contribution in [1.82, 2.24) is 9.80 Å². The molecule has 4 rings (SSSR count). The third-order valence-corrected chi connectivity index (χ3v) is 5.83. The number of benzene rings is 2. The van der Waals surface area contributed by atoms with E-state index < -0.39 is 0 Å². The first-order chi connectivity index (χ1) is 12.6. The highest BCUT2D eigenvalue weighted by Gasteiger charge is 2.37. The van der Waals surface area contributed by atoms with E-state index in [1.54, 1.807) is 18.2 Å². The molecule has 2 aromatic rings. The highest BCUT2D eigenvalue weighted by molar-refractivity contribution is 6.42. The van der Waals surface area contributed by atoms with E-state index in [1.165, 1.54) is 18.4 Å². The number of halogens is 2. The fourth-order valence-electron chi connectivity index (χ4n) is 3.55. The zero-order valence-electron chi connectivity index (χ0n) is 14.4. The number of anilines is 1. The maximum atomic E-state index is 13.0. The largest absolute Gasteiger partial charge is 0.322 e. The second-order valence-electron chi connectivity index (χ2n) is 6.91. The van der Waals surface area contributed by atoms with Crippen LogP contribution < -0.4 is 5.32 Å². The zero-order chi connectivity index (χ0) is 18.1. The zero-order valence-corrected chi connectivity index (χ0v) is 15.9. The Morgan fingerprint density at radius 3 is 2.46 bits per heavy atom. The summed E-state index contributed by atoms with van der Waals surface area (Å²) in [6, 6.07) is 16.0. The minimum Gasteiger partial charge on any atom is -0.315 e. The van der Waals surface area contributed by atoms with Gasteiger partial charge in [0.05, 0.1) is 16.1 Å². The van der Waals surface area contributed by atoms with Crippen LogP contribution in [0.25, 0.3) is 0 Å². The third-order valence-electron chi connectivity index (χ3n) is 5.09. The summed E-state index contributed by atoms with van der Waals surface area (Å²) < 4.78 is 0. The number of amides is 2. The maximum Gasteiger partial charge on any atom is 0.322 e. The molecule has 26 heavy (non-hydrogen) atoms. The summed E-state index contributed by atoms with van der Waals surface area (Å²) in [5, 5.41) is 3.87. The SMILES string of the molecule is O=C(Nc1ccc(Cl)c(Cl)c1)N1CCN(C2CC2)CC1c1ccccc1. The van der Waals surface area contributed by atoms with Gasteiger partial charge in [0.15, 0.2) is 0 Å². The van der Waals surface area contributed by atoms with Gasteiger partial charge in [-0.1, -0.05) is 53.5 Å². The van der Waals surface area contributed by atoms with Gasteiger partial charge in [-0.2, -0.15) is 0 Å². The molecule has 1 heterocycles. The van der Waals surface area contributed by atoms with Gasteiger partial charge in [0.1, 0.15) is 0 Å². The van der Waals surface area contributed by atoms with Gasteiger partial charge in [0.2, 0.25) is 0 Å². The Kier molecular flexibility index (Phi) is 5.07. The molecule has 2 amide bonds. The van der Waals surface area contributed by atoms with Gasteiger partial charge in [-0.15, -0.1) is 0 Å². The molecule has 0 aromatic heterocycles. The molecule has 1 aliphatic carbocycles. The van der Waals surface area contributed by atoms with Crippen LogP contribution in [0.1, 0.15) is 24.4 Å². The Hall–Kier alpha value is -1.75. The van der Waals surface area contributed by atoms with E-state index in [2.05, 4.69) is 22.3 Å². The van der Waals surface area contributed by atoms with Crippen LogP contribution in [0.5, 0.6) is 0 Å². The quantitative estimate of drug-likeness (QED) is 0.797. The molecule has 136 valence electrons. The highest BCUT2D eigenvalue weighted by atomic mass is 35.5. The highest BCUT2D eigenvalue weighted by Crippen LogP contribution is 2.34. The van der Waals surface area contributed by atoms with Gasteiger partial charge in [-0.05, 0) is 36.6 Å². The molecular formula is C20H21Cl2N3O. The summed E-state index contributed by atoms with van der Waals surface area (Å²) in [5.74, 6) is 0. The smallest absolute Gasteiger partial charge is 0.315 e. The molecule has 0 radical (unpaired) electrons. The van der Waals surface area contributed by atoms with Crippen LogP contribution in [0.15, 0.2) is 48.5 Å². The van der Waals surface area contributed by atoms with E-state index in [4.69, 9.17) is 23.2 Å². The van der Waals surface area contributed by atoms with Crippen molar-refractivity contribution in [3.63, 3.8) is 0 Å². The van der Waals surface area contributed by atoms with Gasteiger partial charge in [0.25, 0.3) is 0 Å². The van der Waals surface area contributed by atoms with Crippen molar-refractivity contribution in [2.45, 2.75) is 24.9 Å². The summed E-state index contributed by atoms with van der Waals surface area (Å²) in [6.45, 7) is 2.51. The minimum atomic E-state index is -0.104. The second kappa shape index (κ2) is 7.47. The Balaban J connectivity index is 1.54. The molecule has 2 aliphatic rings. The molecule has 1 saturated heterocycles. The fourth-order valence-corrected chi connectivity index (χ4v) is 3.85. The first kappa shape index (κ1) is 17.7. The van der Waals surface area contributed by atoms with E-state index in [-0.39, 0.29) is 12.1 Å². The van der Waals surface area contributed by atoms with Gasteiger partial charge in [-0.3, -0.25) is 4.90 Å². The lowest BCUT2D eigenvalue weighted by molar-refractivity contribution is 0.0954. The number of carbonyl (C=O) groups excluding carboxylic acids is 1. The van der Waals surface area contributed by atoms with Crippen molar-refractivity contribution in [1.29, 1.82) is 0 Å². The lowest BCUT2D eigenvalue weighted by atomic mass is 10.0. The van der Waals surface area contributed by atoms with E-state index in [1.807, 2.05) is 23.1 Å². The number of piperazine rings is 1. The molecule has 0 spiro atoms. The molecule has 1 unspecified atom stereocenters. The number of urea groups is 1. The van der Waals surface area contributed by atoms with E-state index >= 15 is 0 Å². The summed E-state index contributed by atoms with van der Waals surface area (Å²) in [5.41, 5.74) is 1.82. The summed E-state index contributed by atoms with van der Waals surface area (Å²) in [7, 11) is 0. The van der Waals surface area contributed by atoms with Gasteiger partial charge >= 0.3 is 6.03 Å². The lowest BCUT2D eigenvalue weighted by Crippen LogP contribution is -2.52. The molecule has 0 bridgehead atoms. The minimum absolute atomic E-state index is 0.0494. The van der Waals surface area contributed by atoms with Gasteiger partial charge in [-0.25, -0.2) is 4.79 Å². The number of carbonyl (C=O) groups is 1. The topological polar surface area (TPSA) is 35.6 Å². The maximum absolute atomic E-state index is 13.0. The van der Waals surface area contributed by atoms with Crippen LogP contribution in [0.3, 0.4) is 0 Å². The van der Waals surface area contributed by atoms with Crippen LogP contribution >= 0.6 is 23.2 Å². The molecule has 4 nitrogen and oxygen atoms in total. The summed E-state index contributed by atoms with van der Waals surface area (Å²) >= 11 is 12.0.